The lowest BCUT2D eigenvalue weighted by Gasteiger charge is -2.36. The molecule has 0 bridgehead atoms. The number of likely N-dealkylation sites (tertiary alicyclic amines) is 1. The highest BCUT2D eigenvalue weighted by Crippen LogP contribution is 2.37. The molecule has 2 aliphatic rings. The molecule has 1 heterocycles. The maximum absolute atomic E-state index is 13.1. The van der Waals surface area contributed by atoms with Crippen LogP contribution in [0.5, 0.6) is 0 Å². The highest BCUT2D eigenvalue weighted by Gasteiger charge is 2.43. The summed E-state index contributed by atoms with van der Waals surface area (Å²) in [6, 6.07) is 7.73. The maximum Gasteiger partial charge on any atom is 0.243 e. The number of sulfonamides is 1. The molecule has 0 atom stereocenters. The van der Waals surface area contributed by atoms with Crippen LogP contribution in [0.3, 0.4) is 0 Å². The molecule has 5 heteroatoms. The van der Waals surface area contributed by atoms with Crippen LogP contribution < -0.4 is 0 Å². The molecule has 0 aromatic heterocycles. The van der Waals surface area contributed by atoms with E-state index in [0.29, 0.717) is 4.90 Å². The second-order valence-corrected chi connectivity index (χ2v) is 8.18. The summed E-state index contributed by atoms with van der Waals surface area (Å²) in [5, 5.41) is 0. The fraction of sp³-hybridized carbons (Fsp3) is 0.625. The summed E-state index contributed by atoms with van der Waals surface area (Å²) in [6.45, 7) is 3.85. The summed E-state index contributed by atoms with van der Waals surface area (Å²) in [5.41, 5.74) is 0.844. The fourth-order valence-corrected chi connectivity index (χ4v) is 5.39. The van der Waals surface area contributed by atoms with Gasteiger partial charge in [-0.15, -0.1) is 0 Å². The molecule has 0 N–H and O–H groups in total. The molecule has 116 valence electrons. The average molecular weight is 308 g/mol. The van der Waals surface area contributed by atoms with Gasteiger partial charge in [0.2, 0.25) is 10.0 Å². The summed E-state index contributed by atoms with van der Waals surface area (Å²) < 4.78 is 28.1. The van der Waals surface area contributed by atoms with E-state index < -0.39 is 10.0 Å². The van der Waals surface area contributed by atoms with Crippen molar-refractivity contribution < 1.29 is 8.42 Å². The Balaban J connectivity index is 1.92. The molecule has 3 rings (SSSR count). The minimum atomic E-state index is -3.37. The summed E-state index contributed by atoms with van der Waals surface area (Å²) in [4.78, 5) is 2.76. The largest absolute Gasteiger partial charge is 0.306 e. The van der Waals surface area contributed by atoms with Crippen molar-refractivity contribution in [3.05, 3.63) is 29.8 Å². The molecule has 1 aliphatic carbocycles. The molecule has 2 fully saturated rings. The van der Waals surface area contributed by atoms with Crippen molar-refractivity contribution in [3.63, 3.8) is 0 Å². The van der Waals surface area contributed by atoms with Gasteiger partial charge in [0.15, 0.2) is 0 Å². The molecular formula is C16H24N2O2S. The topological polar surface area (TPSA) is 40.6 Å². The van der Waals surface area contributed by atoms with Gasteiger partial charge >= 0.3 is 0 Å². The first kappa shape index (κ1) is 15.0. The smallest absolute Gasteiger partial charge is 0.243 e. The predicted octanol–water partition coefficient (Wildman–Crippen LogP) is 2.24. The van der Waals surface area contributed by atoms with Crippen LogP contribution in [0.2, 0.25) is 0 Å². The van der Waals surface area contributed by atoms with Gasteiger partial charge in [-0.2, -0.15) is 4.31 Å². The van der Waals surface area contributed by atoms with E-state index in [1.165, 1.54) is 0 Å². The van der Waals surface area contributed by atoms with Crippen LogP contribution in [0.1, 0.15) is 31.2 Å². The van der Waals surface area contributed by atoms with Crippen LogP contribution in [0.15, 0.2) is 29.2 Å². The zero-order valence-corrected chi connectivity index (χ0v) is 13.6. The van der Waals surface area contributed by atoms with Crippen molar-refractivity contribution in [2.45, 2.75) is 49.6 Å². The standard InChI is InChI=1S/C16H24N2O2S/c1-13-5-3-4-6-16(13)21(19,20)18(14-7-8-14)15-9-11-17(2)12-10-15/h3-6,14-15H,7-12H2,1-2H3. The number of piperidine rings is 1. The molecule has 4 nitrogen and oxygen atoms in total. The Labute approximate surface area is 127 Å². The van der Waals surface area contributed by atoms with Crippen LogP contribution in [-0.4, -0.2) is 49.8 Å². The molecule has 0 amide bonds. The van der Waals surface area contributed by atoms with E-state index in [9.17, 15) is 8.42 Å². The molecular weight excluding hydrogens is 284 g/mol. The Morgan fingerprint density at radius 1 is 1.05 bits per heavy atom. The van der Waals surface area contributed by atoms with Crippen molar-refractivity contribution in [1.29, 1.82) is 0 Å². The van der Waals surface area contributed by atoms with E-state index in [1.54, 1.807) is 6.07 Å². The lowest BCUT2D eigenvalue weighted by atomic mass is 10.1. The summed E-state index contributed by atoms with van der Waals surface area (Å²) >= 11 is 0. The van der Waals surface area contributed by atoms with Gasteiger partial charge in [0.25, 0.3) is 0 Å². The lowest BCUT2D eigenvalue weighted by Crippen LogP contribution is -2.47. The second kappa shape index (κ2) is 5.71. The van der Waals surface area contributed by atoms with Crippen molar-refractivity contribution in [2.24, 2.45) is 0 Å². The maximum atomic E-state index is 13.1. The number of nitrogens with zero attached hydrogens (tertiary/aromatic N) is 2. The monoisotopic (exact) mass is 308 g/mol. The number of aryl methyl sites for hydroxylation is 1. The minimum Gasteiger partial charge on any atom is -0.306 e. The van der Waals surface area contributed by atoms with Gasteiger partial charge in [-0.1, -0.05) is 18.2 Å². The number of benzene rings is 1. The van der Waals surface area contributed by atoms with Gasteiger partial charge in [-0.25, -0.2) is 8.42 Å². The van der Waals surface area contributed by atoms with Gasteiger partial charge in [-0.3, -0.25) is 0 Å². The first-order valence-corrected chi connectivity index (χ1v) is 9.22. The molecule has 1 saturated carbocycles. The van der Waals surface area contributed by atoms with E-state index in [4.69, 9.17) is 0 Å². The SMILES string of the molecule is Cc1ccccc1S(=O)(=O)N(C1CC1)C1CCN(C)CC1. The van der Waals surface area contributed by atoms with Gasteiger partial charge in [0.05, 0.1) is 4.90 Å². The van der Waals surface area contributed by atoms with Crippen LogP contribution in [0.4, 0.5) is 0 Å². The third-order valence-electron chi connectivity index (χ3n) is 4.60. The molecule has 1 aromatic carbocycles. The van der Waals surface area contributed by atoms with Crippen molar-refractivity contribution in [3.8, 4) is 0 Å². The molecule has 0 radical (unpaired) electrons. The molecule has 0 unspecified atom stereocenters. The third-order valence-corrected chi connectivity index (χ3v) is 6.77. The Bertz CT molecular complexity index is 602. The predicted molar refractivity (Wildman–Crippen MR) is 83.7 cm³/mol. The first-order valence-electron chi connectivity index (χ1n) is 7.78. The van der Waals surface area contributed by atoms with Crippen LogP contribution in [0, 0.1) is 6.92 Å². The number of hydrogen-bond donors (Lipinski definition) is 0. The van der Waals surface area contributed by atoms with Gasteiger partial charge in [0.1, 0.15) is 0 Å². The quantitative estimate of drug-likeness (QED) is 0.856. The molecule has 21 heavy (non-hydrogen) atoms. The van der Waals surface area contributed by atoms with Gasteiger partial charge < -0.3 is 4.90 Å². The summed E-state index contributed by atoms with van der Waals surface area (Å²) in [5.74, 6) is 0. The van der Waals surface area contributed by atoms with E-state index in [0.717, 1.165) is 44.3 Å². The van der Waals surface area contributed by atoms with E-state index in [-0.39, 0.29) is 12.1 Å². The second-order valence-electron chi connectivity index (χ2n) is 6.37. The Hall–Kier alpha value is -0.910. The fourth-order valence-electron chi connectivity index (χ4n) is 3.23. The molecule has 1 saturated heterocycles. The highest BCUT2D eigenvalue weighted by atomic mass is 32.2. The van der Waals surface area contributed by atoms with E-state index in [1.807, 2.05) is 29.4 Å². The lowest BCUT2D eigenvalue weighted by molar-refractivity contribution is 0.178. The van der Waals surface area contributed by atoms with Crippen molar-refractivity contribution >= 4 is 10.0 Å². The first-order chi connectivity index (χ1) is 10.00. The van der Waals surface area contributed by atoms with Crippen molar-refractivity contribution in [2.75, 3.05) is 20.1 Å². The molecule has 1 aliphatic heterocycles. The molecule has 1 aromatic rings. The van der Waals surface area contributed by atoms with Gasteiger partial charge in [0, 0.05) is 12.1 Å². The Kier molecular flexibility index (Phi) is 4.08. The van der Waals surface area contributed by atoms with Crippen molar-refractivity contribution in [1.82, 2.24) is 9.21 Å². The molecule has 0 spiro atoms. The van der Waals surface area contributed by atoms with E-state index in [2.05, 4.69) is 11.9 Å². The Morgan fingerprint density at radius 3 is 2.19 bits per heavy atom. The average Bonchev–Trinajstić information content (AvgIpc) is 3.26. The van der Waals surface area contributed by atoms with Gasteiger partial charge in [-0.05, 0) is 64.4 Å². The third kappa shape index (κ3) is 3.00. The number of hydrogen-bond acceptors (Lipinski definition) is 3. The normalized spacial score (nSPS) is 21.9. The Morgan fingerprint density at radius 2 is 1.62 bits per heavy atom. The zero-order valence-electron chi connectivity index (χ0n) is 12.8. The van der Waals surface area contributed by atoms with Crippen LogP contribution >= 0.6 is 0 Å². The highest BCUT2D eigenvalue weighted by molar-refractivity contribution is 7.89. The van der Waals surface area contributed by atoms with Crippen LogP contribution in [-0.2, 0) is 10.0 Å². The van der Waals surface area contributed by atoms with Crippen LogP contribution in [0.25, 0.3) is 0 Å². The number of rotatable bonds is 4. The van der Waals surface area contributed by atoms with E-state index >= 15 is 0 Å². The zero-order chi connectivity index (χ0) is 15.0. The minimum absolute atomic E-state index is 0.165. The summed E-state index contributed by atoms with van der Waals surface area (Å²) in [6.07, 6.45) is 3.91. The summed E-state index contributed by atoms with van der Waals surface area (Å²) in [7, 11) is -1.27.